The minimum atomic E-state index is -0.135. The number of aliphatic imine (C=N–C) groups is 1. The maximum Gasteiger partial charge on any atom is 0.169 e. The summed E-state index contributed by atoms with van der Waals surface area (Å²) in [4.78, 5) is 33.0. The molecule has 5 aliphatic rings. The van der Waals surface area contributed by atoms with Crippen molar-refractivity contribution in [3.8, 4) is 0 Å². The van der Waals surface area contributed by atoms with Gasteiger partial charge in [0.2, 0.25) is 0 Å². The van der Waals surface area contributed by atoms with Crippen LogP contribution in [0.2, 0.25) is 0 Å². The van der Waals surface area contributed by atoms with Gasteiger partial charge in [-0.15, -0.1) is 0 Å². The van der Waals surface area contributed by atoms with Gasteiger partial charge in [0.1, 0.15) is 5.78 Å². The molecule has 3 nitrogen and oxygen atoms in total. The Bertz CT molecular complexity index is 1020. The molecule has 4 aliphatic carbocycles. The lowest BCUT2D eigenvalue weighted by Crippen LogP contribution is -2.53. The molecule has 0 spiro atoms. The summed E-state index contributed by atoms with van der Waals surface area (Å²) >= 11 is 1.65. The van der Waals surface area contributed by atoms with Crippen molar-refractivity contribution in [1.29, 1.82) is 0 Å². The summed E-state index contributed by atoms with van der Waals surface area (Å²) in [5.74, 6) is 2.32. The predicted octanol–water partition coefficient (Wildman–Crippen LogP) is 5.90. The van der Waals surface area contributed by atoms with Gasteiger partial charge in [0, 0.05) is 28.9 Å². The summed E-state index contributed by atoms with van der Waals surface area (Å²) in [5.41, 5.74) is 3.26. The van der Waals surface area contributed by atoms with Gasteiger partial charge < -0.3 is 0 Å². The van der Waals surface area contributed by atoms with E-state index < -0.39 is 0 Å². The molecular weight excluding hydrogens is 378 g/mol. The van der Waals surface area contributed by atoms with E-state index in [9.17, 15) is 9.59 Å². The summed E-state index contributed by atoms with van der Waals surface area (Å²) in [6.45, 7) is 4.63. The second kappa shape index (κ2) is 5.94. The van der Waals surface area contributed by atoms with Gasteiger partial charge in [-0.25, -0.2) is 0 Å². The lowest BCUT2D eigenvalue weighted by Gasteiger charge is -2.57. The van der Waals surface area contributed by atoms with E-state index in [0.29, 0.717) is 35.7 Å². The molecule has 1 aromatic carbocycles. The number of Topliss-reactive ketones (excluding diaryl/α,β-unsaturated/α-hetero) is 2. The van der Waals surface area contributed by atoms with Gasteiger partial charge in [0.15, 0.2) is 5.78 Å². The van der Waals surface area contributed by atoms with Crippen LogP contribution in [0.3, 0.4) is 0 Å². The summed E-state index contributed by atoms with van der Waals surface area (Å²) in [6.07, 6.45) is 6.41. The fourth-order valence-electron chi connectivity index (χ4n) is 7.40. The minimum Gasteiger partial charge on any atom is -0.299 e. The first kappa shape index (κ1) is 18.1. The number of rotatable bonds is 0. The van der Waals surface area contributed by atoms with Gasteiger partial charge in [0.25, 0.3) is 0 Å². The number of fused-ring (bicyclic) bond motifs is 5. The molecule has 0 N–H and O–H groups in total. The van der Waals surface area contributed by atoms with Crippen LogP contribution in [-0.4, -0.2) is 17.3 Å². The average molecular weight is 406 g/mol. The highest BCUT2D eigenvalue weighted by atomic mass is 32.2. The van der Waals surface area contributed by atoms with Crippen LogP contribution in [0.4, 0.5) is 5.69 Å². The Morgan fingerprint density at radius 2 is 1.79 bits per heavy atom. The van der Waals surface area contributed by atoms with Crippen LogP contribution in [0.5, 0.6) is 0 Å². The van der Waals surface area contributed by atoms with Crippen molar-refractivity contribution in [2.24, 2.45) is 33.6 Å². The normalized spacial score (nSPS) is 40.5. The third-order valence-corrected chi connectivity index (χ3v) is 10.1. The maximum absolute atomic E-state index is 13.0. The topological polar surface area (TPSA) is 46.5 Å². The molecule has 0 bridgehead atoms. The second-order valence-electron chi connectivity index (χ2n) is 10.2. The molecule has 0 aromatic heterocycles. The number of carbonyl (C=O) groups is 2. The molecule has 1 aliphatic heterocycles. The zero-order valence-corrected chi connectivity index (χ0v) is 18.0. The van der Waals surface area contributed by atoms with E-state index in [2.05, 4.69) is 26.0 Å². The summed E-state index contributed by atoms with van der Waals surface area (Å²) < 4.78 is 0. The van der Waals surface area contributed by atoms with Gasteiger partial charge in [-0.1, -0.05) is 37.7 Å². The molecule has 0 unspecified atom stereocenters. The number of benzene rings is 1. The van der Waals surface area contributed by atoms with Crippen molar-refractivity contribution in [2.45, 2.75) is 63.7 Å². The van der Waals surface area contributed by atoms with Gasteiger partial charge in [-0.3, -0.25) is 14.6 Å². The molecule has 0 amide bonds. The van der Waals surface area contributed by atoms with Crippen molar-refractivity contribution in [3.63, 3.8) is 0 Å². The average Bonchev–Trinajstić information content (AvgIpc) is 2.90. The maximum atomic E-state index is 13.0. The molecule has 1 aromatic rings. The number of ketones is 2. The first-order valence-electron chi connectivity index (χ1n) is 11.1. The Hall–Kier alpha value is -1.68. The third kappa shape index (κ3) is 2.30. The molecule has 6 rings (SSSR count). The van der Waals surface area contributed by atoms with Crippen LogP contribution < -0.4 is 0 Å². The molecule has 0 saturated heterocycles. The molecule has 4 heteroatoms. The Morgan fingerprint density at radius 1 is 1.00 bits per heavy atom. The van der Waals surface area contributed by atoms with Crippen molar-refractivity contribution in [3.05, 3.63) is 34.7 Å². The summed E-state index contributed by atoms with van der Waals surface area (Å²) in [6, 6.07) is 8.24. The molecule has 5 atom stereocenters. The van der Waals surface area contributed by atoms with E-state index in [4.69, 9.17) is 4.99 Å². The van der Waals surface area contributed by atoms with E-state index in [1.54, 1.807) is 11.8 Å². The SMILES string of the molecule is C[C@]12CCC(=O)C3=C1C(=Nc1ccccc1S3)C[C@@H]1[C@@H]2CC[C@]2(C)C(=O)CC[C@@H]12. The fraction of sp³-hybridized carbons (Fsp3) is 0.560. The van der Waals surface area contributed by atoms with E-state index in [-0.39, 0.29) is 10.8 Å². The Morgan fingerprint density at radius 3 is 2.66 bits per heavy atom. The zero-order valence-electron chi connectivity index (χ0n) is 17.2. The molecule has 150 valence electrons. The van der Waals surface area contributed by atoms with E-state index in [0.717, 1.165) is 59.7 Å². The quantitative estimate of drug-likeness (QED) is 0.539. The van der Waals surface area contributed by atoms with Crippen molar-refractivity contribution < 1.29 is 9.59 Å². The molecule has 3 fully saturated rings. The summed E-state index contributed by atoms with van der Waals surface area (Å²) in [5, 5.41) is 0. The standard InChI is InChI=1S/C25H27NO2S/c1-24-11-9-16-14(15(24)7-8-21(24)28)13-18-22-23(19(27)10-12-25(16,22)2)29-20-6-4-3-5-17(20)26-18/h3-6,14-16H,7-13H2,1-2H3/t14-,15-,16-,24-,25+/m0/s1. The number of nitrogens with zero attached hydrogens (tertiary/aromatic N) is 1. The number of para-hydroxylation sites is 1. The van der Waals surface area contributed by atoms with Gasteiger partial charge in [0.05, 0.1) is 10.6 Å². The van der Waals surface area contributed by atoms with Crippen LogP contribution in [0.1, 0.15) is 58.8 Å². The number of allylic oxidation sites excluding steroid dienone is 1. The Kier molecular flexibility index (Phi) is 3.71. The van der Waals surface area contributed by atoms with E-state index >= 15 is 0 Å². The van der Waals surface area contributed by atoms with Crippen LogP contribution in [0.15, 0.2) is 44.6 Å². The third-order valence-electron chi connectivity index (χ3n) is 8.94. The van der Waals surface area contributed by atoms with E-state index in [1.807, 2.05) is 12.1 Å². The van der Waals surface area contributed by atoms with Crippen molar-refractivity contribution in [1.82, 2.24) is 0 Å². The zero-order chi connectivity index (χ0) is 20.0. The highest BCUT2D eigenvalue weighted by Gasteiger charge is 2.61. The van der Waals surface area contributed by atoms with Gasteiger partial charge in [-0.05, 0) is 73.0 Å². The highest BCUT2D eigenvalue weighted by molar-refractivity contribution is 8.04. The largest absolute Gasteiger partial charge is 0.299 e. The van der Waals surface area contributed by atoms with Crippen LogP contribution in [0.25, 0.3) is 0 Å². The Balaban J connectivity index is 1.55. The van der Waals surface area contributed by atoms with Crippen molar-refractivity contribution >= 4 is 34.7 Å². The summed E-state index contributed by atoms with van der Waals surface area (Å²) in [7, 11) is 0. The number of hydrogen-bond donors (Lipinski definition) is 0. The smallest absolute Gasteiger partial charge is 0.169 e. The lowest BCUT2D eigenvalue weighted by molar-refractivity contribution is -0.131. The molecule has 3 saturated carbocycles. The monoisotopic (exact) mass is 405 g/mol. The van der Waals surface area contributed by atoms with E-state index in [1.165, 1.54) is 5.57 Å². The molecular formula is C25H27NO2S. The number of hydrogen-bond acceptors (Lipinski definition) is 4. The number of thioether (sulfide) groups is 1. The van der Waals surface area contributed by atoms with Crippen LogP contribution in [-0.2, 0) is 9.59 Å². The first-order chi connectivity index (χ1) is 13.9. The molecule has 1 heterocycles. The number of carbonyl (C=O) groups excluding carboxylic acids is 2. The molecule has 0 radical (unpaired) electrons. The first-order valence-corrected chi connectivity index (χ1v) is 11.9. The van der Waals surface area contributed by atoms with Crippen LogP contribution in [0, 0.1) is 28.6 Å². The van der Waals surface area contributed by atoms with Gasteiger partial charge >= 0.3 is 0 Å². The van der Waals surface area contributed by atoms with Gasteiger partial charge in [-0.2, -0.15) is 0 Å². The fourth-order valence-corrected chi connectivity index (χ4v) is 8.66. The predicted molar refractivity (Wildman–Crippen MR) is 115 cm³/mol. The lowest BCUT2D eigenvalue weighted by atomic mass is 9.47. The molecule has 29 heavy (non-hydrogen) atoms. The second-order valence-corrected chi connectivity index (χ2v) is 11.2. The highest BCUT2D eigenvalue weighted by Crippen LogP contribution is 2.65. The van der Waals surface area contributed by atoms with Crippen molar-refractivity contribution in [2.75, 3.05) is 0 Å². The Labute approximate surface area is 176 Å². The minimum absolute atomic E-state index is 0.00695. The van der Waals surface area contributed by atoms with Crippen LogP contribution >= 0.6 is 11.8 Å².